The number of para-hydroxylation sites is 2. The van der Waals surface area contributed by atoms with E-state index >= 15 is 0 Å². The molecular formula is C27H25N7O. The van der Waals surface area contributed by atoms with E-state index in [4.69, 9.17) is 15.7 Å². The number of amides is 1. The standard InChI is InChI=1S/C27H25N7O/c1-17-7-6-8-19(15-17)30-27(35)23-24-26(32-22-10-5-4-9-21(22)31-24)34(25(23)28)29-16-18-11-13-20(14-12-18)33(2)3/h4-16H,28H2,1-3H3,(H,30,35)/b29-16-. The van der Waals surface area contributed by atoms with Gasteiger partial charge in [0.15, 0.2) is 5.65 Å². The van der Waals surface area contributed by atoms with Crippen LogP contribution in [-0.4, -0.2) is 40.9 Å². The number of rotatable bonds is 5. The summed E-state index contributed by atoms with van der Waals surface area (Å²) >= 11 is 0. The molecule has 0 bridgehead atoms. The summed E-state index contributed by atoms with van der Waals surface area (Å²) in [6.45, 7) is 1.97. The Morgan fingerprint density at radius 3 is 2.40 bits per heavy atom. The van der Waals surface area contributed by atoms with Crippen LogP contribution in [0.2, 0.25) is 0 Å². The number of nitrogens with zero attached hydrogens (tertiary/aromatic N) is 5. The largest absolute Gasteiger partial charge is 0.383 e. The molecule has 174 valence electrons. The number of fused-ring (bicyclic) bond motifs is 2. The van der Waals surface area contributed by atoms with Crippen LogP contribution in [0.15, 0.2) is 77.9 Å². The van der Waals surface area contributed by atoms with Gasteiger partial charge in [0.2, 0.25) is 0 Å². The minimum absolute atomic E-state index is 0.168. The number of carbonyl (C=O) groups is 1. The fourth-order valence-corrected chi connectivity index (χ4v) is 3.89. The number of aromatic nitrogens is 3. The highest BCUT2D eigenvalue weighted by atomic mass is 16.1. The third kappa shape index (κ3) is 4.29. The van der Waals surface area contributed by atoms with Crippen LogP contribution in [0.5, 0.6) is 0 Å². The first-order valence-corrected chi connectivity index (χ1v) is 11.2. The summed E-state index contributed by atoms with van der Waals surface area (Å²) in [6.07, 6.45) is 1.69. The maximum absolute atomic E-state index is 13.4. The third-order valence-electron chi connectivity index (χ3n) is 5.71. The number of nitrogens with two attached hydrogens (primary N) is 1. The van der Waals surface area contributed by atoms with E-state index in [0.717, 1.165) is 16.8 Å². The van der Waals surface area contributed by atoms with E-state index in [9.17, 15) is 4.79 Å². The van der Waals surface area contributed by atoms with Gasteiger partial charge in [0, 0.05) is 25.5 Å². The fraction of sp³-hybridized carbons (Fsp3) is 0.111. The normalized spacial score (nSPS) is 11.4. The summed E-state index contributed by atoms with van der Waals surface area (Å²) in [5, 5.41) is 7.51. The first-order chi connectivity index (χ1) is 16.9. The predicted octanol–water partition coefficient (Wildman–Crippen LogP) is 4.68. The van der Waals surface area contributed by atoms with Crippen molar-refractivity contribution in [3.05, 3.63) is 89.5 Å². The van der Waals surface area contributed by atoms with Crippen molar-refractivity contribution in [1.82, 2.24) is 14.6 Å². The molecule has 2 heterocycles. The van der Waals surface area contributed by atoms with Gasteiger partial charge in [0.25, 0.3) is 5.91 Å². The van der Waals surface area contributed by atoms with Gasteiger partial charge >= 0.3 is 0 Å². The van der Waals surface area contributed by atoms with Gasteiger partial charge in [0.05, 0.1) is 17.2 Å². The first kappa shape index (κ1) is 22.1. The molecule has 8 nitrogen and oxygen atoms in total. The molecule has 5 aromatic rings. The summed E-state index contributed by atoms with van der Waals surface area (Å²) in [4.78, 5) is 24.8. The summed E-state index contributed by atoms with van der Waals surface area (Å²) in [5.41, 5.74) is 12.6. The van der Waals surface area contributed by atoms with Crippen molar-refractivity contribution < 1.29 is 4.79 Å². The Morgan fingerprint density at radius 1 is 1.00 bits per heavy atom. The Kier molecular flexibility index (Phi) is 5.62. The van der Waals surface area contributed by atoms with Crippen LogP contribution >= 0.6 is 0 Å². The zero-order valence-electron chi connectivity index (χ0n) is 19.7. The minimum Gasteiger partial charge on any atom is -0.383 e. The number of nitrogen functional groups attached to an aromatic ring is 1. The lowest BCUT2D eigenvalue weighted by atomic mass is 10.2. The number of anilines is 3. The van der Waals surface area contributed by atoms with Crippen LogP contribution in [0.25, 0.3) is 22.2 Å². The van der Waals surface area contributed by atoms with Crippen LogP contribution in [0.4, 0.5) is 17.2 Å². The molecule has 0 aliphatic heterocycles. The molecular weight excluding hydrogens is 438 g/mol. The second kappa shape index (κ2) is 8.90. The van der Waals surface area contributed by atoms with Gasteiger partial charge in [0.1, 0.15) is 16.9 Å². The molecule has 0 aliphatic rings. The van der Waals surface area contributed by atoms with Crippen molar-refractivity contribution in [2.75, 3.05) is 30.0 Å². The van der Waals surface area contributed by atoms with E-state index in [2.05, 4.69) is 10.4 Å². The molecule has 0 radical (unpaired) electrons. The molecule has 0 unspecified atom stereocenters. The molecule has 0 spiro atoms. The minimum atomic E-state index is -0.369. The Bertz CT molecular complexity index is 1580. The molecule has 35 heavy (non-hydrogen) atoms. The monoisotopic (exact) mass is 463 g/mol. The quantitative estimate of drug-likeness (QED) is 0.369. The van der Waals surface area contributed by atoms with Crippen LogP contribution in [0, 0.1) is 6.92 Å². The van der Waals surface area contributed by atoms with Gasteiger partial charge in [-0.1, -0.05) is 36.4 Å². The van der Waals surface area contributed by atoms with Gasteiger partial charge < -0.3 is 16.0 Å². The van der Waals surface area contributed by atoms with E-state index in [0.29, 0.717) is 27.9 Å². The number of carbonyl (C=O) groups excluding carboxylic acids is 1. The van der Waals surface area contributed by atoms with Crippen LogP contribution in [-0.2, 0) is 0 Å². The van der Waals surface area contributed by atoms with Crippen molar-refractivity contribution in [3.63, 3.8) is 0 Å². The first-order valence-electron chi connectivity index (χ1n) is 11.2. The summed E-state index contributed by atoms with van der Waals surface area (Å²) in [7, 11) is 3.98. The zero-order valence-corrected chi connectivity index (χ0v) is 19.7. The van der Waals surface area contributed by atoms with Crippen molar-refractivity contribution in [2.24, 2.45) is 5.10 Å². The smallest absolute Gasteiger partial charge is 0.261 e. The molecule has 3 aromatic carbocycles. The molecule has 3 N–H and O–H groups in total. The van der Waals surface area contributed by atoms with E-state index in [1.807, 2.05) is 98.7 Å². The third-order valence-corrected chi connectivity index (χ3v) is 5.71. The second-order valence-electron chi connectivity index (χ2n) is 8.51. The zero-order chi connectivity index (χ0) is 24.5. The maximum Gasteiger partial charge on any atom is 0.261 e. The Hall–Kier alpha value is -4.72. The van der Waals surface area contributed by atoms with Gasteiger partial charge in [-0.15, -0.1) is 0 Å². The number of benzene rings is 3. The predicted molar refractivity (Wildman–Crippen MR) is 142 cm³/mol. The summed E-state index contributed by atoms with van der Waals surface area (Å²) in [6, 6.07) is 23.0. The molecule has 0 aliphatic carbocycles. The van der Waals surface area contributed by atoms with Gasteiger partial charge in [-0.05, 0) is 54.4 Å². The fourth-order valence-electron chi connectivity index (χ4n) is 3.89. The van der Waals surface area contributed by atoms with Crippen LogP contribution < -0.4 is 16.0 Å². The second-order valence-corrected chi connectivity index (χ2v) is 8.51. The van der Waals surface area contributed by atoms with E-state index in [1.165, 1.54) is 4.68 Å². The summed E-state index contributed by atoms with van der Waals surface area (Å²) in [5.74, 6) is -0.200. The van der Waals surface area contributed by atoms with Crippen molar-refractivity contribution in [3.8, 4) is 0 Å². The topological polar surface area (TPSA) is 101 Å². The number of hydrogen-bond acceptors (Lipinski definition) is 6. The Balaban J connectivity index is 1.62. The highest BCUT2D eigenvalue weighted by Gasteiger charge is 2.24. The number of nitrogens with one attached hydrogen (secondary N) is 1. The highest BCUT2D eigenvalue weighted by molar-refractivity contribution is 6.16. The molecule has 5 rings (SSSR count). The lowest BCUT2D eigenvalue weighted by molar-refractivity contribution is 0.102. The van der Waals surface area contributed by atoms with Crippen LogP contribution in [0.3, 0.4) is 0 Å². The molecule has 0 saturated heterocycles. The van der Waals surface area contributed by atoms with Crippen LogP contribution in [0.1, 0.15) is 21.5 Å². The SMILES string of the molecule is Cc1cccc(NC(=O)c2c(N)n(/N=C\c3ccc(N(C)C)cc3)c3nc4ccccc4nc23)c1. The van der Waals surface area contributed by atoms with Crippen molar-refractivity contribution >= 4 is 51.5 Å². The molecule has 1 amide bonds. The average molecular weight is 464 g/mol. The molecule has 2 aromatic heterocycles. The van der Waals surface area contributed by atoms with E-state index in [-0.39, 0.29) is 17.3 Å². The lowest BCUT2D eigenvalue weighted by Crippen LogP contribution is -2.14. The maximum atomic E-state index is 13.4. The van der Waals surface area contributed by atoms with E-state index < -0.39 is 0 Å². The molecule has 8 heteroatoms. The average Bonchev–Trinajstić information content (AvgIpc) is 3.11. The highest BCUT2D eigenvalue weighted by Crippen LogP contribution is 2.29. The van der Waals surface area contributed by atoms with Gasteiger partial charge in [-0.25, -0.2) is 9.97 Å². The molecule has 0 saturated carbocycles. The van der Waals surface area contributed by atoms with Crippen molar-refractivity contribution in [2.45, 2.75) is 6.92 Å². The van der Waals surface area contributed by atoms with E-state index in [1.54, 1.807) is 6.21 Å². The van der Waals surface area contributed by atoms with Gasteiger partial charge in [-0.2, -0.15) is 9.78 Å². The summed E-state index contributed by atoms with van der Waals surface area (Å²) < 4.78 is 1.47. The van der Waals surface area contributed by atoms with Crippen molar-refractivity contribution in [1.29, 1.82) is 0 Å². The lowest BCUT2D eigenvalue weighted by Gasteiger charge is -2.11. The molecule has 0 atom stereocenters. The Labute approximate surface area is 202 Å². The number of aryl methyl sites for hydroxylation is 1. The molecule has 0 fully saturated rings. The Morgan fingerprint density at radius 2 is 1.71 bits per heavy atom. The number of hydrogen-bond donors (Lipinski definition) is 2. The van der Waals surface area contributed by atoms with Gasteiger partial charge in [-0.3, -0.25) is 4.79 Å².